The number of hydrogen-bond acceptors (Lipinski definition) is 0. The van der Waals surface area contributed by atoms with Gasteiger partial charge >= 0.3 is 0 Å². The van der Waals surface area contributed by atoms with Crippen LogP contribution in [-0.4, -0.2) is 28.5 Å². The summed E-state index contributed by atoms with van der Waals surface area (Å²) in [5.74, 6) is 0. The summed E-state index contributed by atoms with van der Waals surface area (Å²) in [5.41, 5.74) is 0. The van der Waals surface area contributed by atoms with Gasteiger partial charge < -0.3 is 0 Å². The van der Waals surface area contributed by atoms with E-state index in [2.05, 4.69) is 69.7 Å². The Hall–Kier alpha value is 0.430. The van der Waals surface area contributed by atoms with Crippen LogP contribution in [0.3, 0.4) is 0 Å². The van der Waals surface area contributed by atoms with Gasteiger partial charge in [-0.2, -0.15) is 0 Å². The molecule has 66 valence electrons. The molecule has 0 heterocycles. The van der Waals surface area contributed by atoms with Crippen LogP contribution in [0, 0.1) is 0 Å². The van der Waals surface area contributed by atoms with Gasteiger partial charge in [-0.15, -0.1) is 0 Å². The third kappa shape index (κ3) is 3.56. The van der Waals surface area contributed by atoms with Gasteiger partial charge in [0, 0.05) is 0 Å². The maximum absolute atomic E-state index is 2.48. The van der Waals surface area contributed by atoms with Crippen molar-refractivity contribution in [3.05, 3.63) is 12.3 Å². The minimum Gasteiger partial charge on any atom is -0.299 e. The lowest BCUT2D eigenvalue weighted by molar-refractivity contribution is -0.862. The second-order valence-electron chi connectivity index (χ2n) is 3.53. The van der Waals surface area contributed by atoms with Crippen molar-refractivity contribution in [1.29, 1.82) is 0 Å². The standard InChI is InChI=1S/C9H19IN/c1-6-7-11(4,5)9(3)8(2)10/h6-9H,1-5H3/q+1/b7-6-/t8?,9-/m0/s1. The number of quaternary nitrogens is 1. The Labute approximate surface area is 84.2 Å². The number of allylic oxidation sites excluding steroid dienone is 1. The van der Waals surface area contributed by atoms with Crippen LogP contribution in [0.2, 0.25) is 0 Å². The average Bonchev–Trinajstić information content (AvgIpc) is 1.86. The summed E-state index contributed by atoms with van der Waals surface area (Å²) >= 11 is 2.48. The molecule has 1 nitrogen and oxygen atoms in total. The predicted molar refractivity (Wildman–Crippen MR) is 59.9 cm³/mol. The van der Waals surface area contributed by atoms with Crippen LogP contribution in [-0.2, 0) is 0 Å². The molecule has 0 aliphatic rings. The minimum absolute atomic E-state index is 0.673. The third-order valence-corrected chi connectivity index (χ3v) is 3.29. The Morgan fingerprint density at radius 1 is 1.27 bits per heavy atom. The van der Waals surface area contributed by atoms with Crippen molar-refractivity contribution in [2.75, 3.05) is 14.1 Å². The molecule has 2 heteroatoms. The lowest BCUT2D eigenvalue weighted by atomic mass is 10.2. The van der Waals surface area contributed by atoms with E-state index in [0.29, 0.717) is 9.97 Å². The summed E-state index contributed by atoms with van der Waals surface area (Å²) < 4.78 is 1.68. The first-order valence-corrected chi connectivity index (χ1v) is 5.27. The first-order chi connectivity index (χ1) is 4.91. The number of halogens is 1. The molecule has 2 atom stereocenters. The Balaban J connectivity index is 4.28. The highest BCUT2D eigenvalue weighted by Gasteiger charge is 2.24. The van der Waals surface area contributed by atoms with Gasteiger partial charge in [-0.05, 0) is 26.8 Å². The van der Waals surface area contributed by atoms with Crippen LogP contribution in [0.5, 0.6) is 0 Å². The van der Waals surface area contributed by atoms with Crippen LogP contribution in [0.25, 0.3) is 0 Å². The van der Waals surface area contributed by atoms with Gasteiger partial charge in [-0.1, -0.05) is 22.6 Å². The molecule has 0 saturated heterocycles. The molecular weight excluding hydrogens is 249 g/mol. The molecule has 0 amide bonds. The Kier molecular flexibility index (Phi) is 4.63. The summed E-state index contributed by atoms with van der Waals surface area (Å²) in [4.78, 5) is 0. The van der Waals surface area contributed by atoms with E-state index >= 15 is 0 Å². The zero-order valence-electron chi connectivity index (χ0n) is 8.13. The molecule has 0 aromatic heterocycles. The fraction of sp³-hybridized carbons (Fsp3) is 0.778. The molecule has 0 fully saturated rings. The summed E-state index contributed by atoms with van der Waals surface area (Å²) in [7, 11) is 4.47. The molecule has 0 aliphatic heterocycles. The van der Waals surface area contributed by atoms with Gasteiger partial charge in [-0.25, -0.2) is 0 Å². The van der Waals surface area contributed by atoms with Crippen molar-refractivity contribution in [3.63, 3.8) is 0 Å². The van der Waals surface area contributed by atoms with Crippen LogP contribution in [0.4, 0.5) is 0 Å². The monoisotopic (exact) mass is 268 g/mol. The number of alkyl halides is 1. The van der Waals surface area contributed by atoms with Crippen molar-refractivity contribution < 1.29 is 4.48 Å². The third-order valence-electron chi connectivity index (χ3n) is 2.25. The fourth-order valence-electron chi connectivity index (χ4n) is 1.05. The van der Waals surface area contributed by atoms with Crippen molar-refractivity contribution in [1.82, 2.24) is 0 Å². The highest BCUT2D eigenvalue weighted by molar-refractivity contribution is 14.1. The Morgan fingerprint density at radius 2 is 1.73 bits per heavy atom. The lowest BCUT2D eigenvalue weighted by Gasteiger charge is -2.33. The van der Waals surface area contributed by atoms with Crippen LogP contribution >= 0.6 is 22.6 Å². The maximum atomic E-state index is 2.48. The van der Waals surface area contributed by atoms with Gasteiger partial charge in [0.2, 0.25) is 0 Å². The normalized spacial score (nSPS) is 18.7. The molecule has 0 bridgehead atoms. The van der Waals surface area contributed by atoms with Crippen LogP contribution in [0.15, 0.2) is 12.3 Å². The molecule has 0 aromatic rings. The SMILES string of the molecule is C/C=C\[N+](C)(C)[C@@H](C)C(C)I. The van der Waals surface area contributed by atoms with Crippen molar-refractivity contribution in [2.24, 2.45) is 0 Å². The van der Waals surface area contributed by atoms with Crippen LogP contribution in [0.1, 0.15) is 20.8 Å². The van der Waals surface area contributed by atoms with E-state index < -0.39 is 0 Å². The quantitative estimate of drug-likeness (QED) is 0.419. The van der Waals surface area contributed by atoms with E-state index in [-0.39, 0.29) is 0 Å². The number of nitrogens with zero attached hydrogens (tertiary/aromatic N) is 1. The summed E-state index contributed by atoms with van der Waals surface area (Å²) in [6, 6.07) is 0.673. The number of rotatable bonds is 3. The van der Waals surface area contributed by atoms with Crippen molar-refractivity contribution in [3.8, 4) is 0 Å². The smallest absolute Gasteiger partial charge is 0.102 e. The highest BCUT2D eigenvalue weighted by Crippen LogP contribution is 2.17. The topological polar surface area (TPSA) is 0 Å². The van der Waals surface area contributed by atoms with E-state index in [1.807, 2.05) is 0 Å². The second kappa shape index (κ2) is 4.45. The summed E-state index contributed by atoms with van der Waals surface area (Å²) in [6.45, 7) is 6.62. The molecular formula is C9H19IN+. The van der Waals surface area contributed by atoms with Crippen molar-refractivity contribution >= 4 is 22.6 Å². The second-order valence-corrected chi connectivity index (χ2v) is 5.49. The summed E-state index contributed by atoms with van der Waals surface area (Å²) in [6.07, 6.45) is 4.36. The molecule has 0 aromatic carbocycles. The largest absolute Gasteiger partial charge is 0.299 e. The molecule has 11 heavy (non-hydrogen) atoms. The zero-order valence-corrected chi connectivity index (χ0v) is 10.3. The molecule has 0 N–H and O–H groups in total. The van der Waals surface area contributed by atoms with E-state index in [9.17, 15) is 0 Å². The lowest BCUT2D eigenvalue weighted by Crippen LogP contribution is -2.46. The van der Waals surface area contributed by atoms with Gasteiger partial charge in [0.1, 0.15) is 6.04 Å². The minimum atomic E-state index is 0.673. The Bertz CT molecular complexity index is 138. The molecule has 0 saturated carbocycles. The molecule has 0 spiro atoms. The first-order valence-electron chi connectivity index (χ1n) is 4.03. The molecule has 0 radical (unpaired) electrons. The van der Waals surface area contributed by atoms with Gasteiger partial charge in [-0.3, -0.25) is 4.48 Å². The molecule has 0 aliphatic carbocycles. The van der Waals surface area contributed by atoms with E-state index in [4.69, 9.17) is 0 Å². The zero-order chi connectivity index (χ0) is 9.07. The van der Waals surface area contributed by atoms with Crippen LogP contribution < -0.4 is 0 Å². The highest BCUT2D eigenvalue weighted by atomic mass is 127. The first kappa shape index (κ1) is 11.4. The summed E-state index contributed by atoms with van der Waals surface area (Å²) in [5, 5.41) is 0. The van der Waals surface area contributed by atoms with Gasteiger partial charge in [0.15, 0.2) is 0 Å². The molecule has 0 rings (SSSR count). The van der Waals surface area contributed by atoms with E-state index in [1.54, 1.807) is 0 Å². The van der Waals surface area contributed by atoms with Gasteiger partial charge in [0.25, 0.3) is 0 Å². The fourth-order valence-corrected chi connectivity index (χ4v) is 1.88. The van der Waals surface area contributed by atoms with E-state index in [0.717, 1.165) is 4.48 Å². The van der Waals surface area contributed by atoms with Gasteiger partial charge in [0.05, 0.1) is 24.2 Å². The predicted octanol–water partition coefficient (Wildman–Crippen LogP) is 2.81. The molecule has 1 unspecified atom stereocenters. The average molecular weight is 268 g/mol. The Morgan fingerprint density at radius 3 is 2.00 bits per heavy atom. The van der Waals surface area contributed by atoms with Crippen molar-refractivity contribution in [2.45, 2.75) is 30.7 Å². The van der Waals surface area contributed by atoms with E-state index in [1.165, 1.54) is 0 Å². The number of hydrogen-bond donors (Lipinski definition) is 0. The maximum Gasteiger partial charge on any atom is 0.102 e.